The van der Waals surface area contributed by atoms with Crippen molar-refractivity contribution in [2.75, 3.05) is 18.6 Å². The Morgan fingerprint density at radius 3 is 2.62 bits per heavy atom. The molecule has 2 aromatic carbocycles. The van der Waals surface area contributed by atoms with Crippen LogP contribution in [0.25, 0.3) is 0 Å². The number of carbonyl (C=O) groups is 1. The Balaban J connectivity index is 1.84. The molecule has 0 radical (unpaired) electrons. The van der Waals surface area contributed by atoms with Crippen molar-refractivity contribution in [3.63, 3.8) is 0 Å². The summed E-state index contributed by atoms with van der Waals surface area (Å²) in [7, 11) is 1.62. The van der Waals surface area contributed by atoms with E-state index in [4.69, 9.17) is 4.74 Å². The van der Waals surface area contributed by atoms with Crippen LogP contribution in [0.15, 0.2) is 41.5 Å². The van der Waals surface area contributed by atoms with Gasteiger partial charge in [0.15, 0.2) is 0 Å². The third-order valence-electron chi connectivity index (χ3n) is 5.89. The van der Waals surface area contributed by atoms with Crippen molar-refractivity contribution in [3.05, 3.63) is 63.2 Å². The molecule has 3 rings (SSSR count). The van der Waals surface area contributed by atoms with Crippen molar-refractivity contribution in [1.82, 2.24) is 5.43 Å². The Hall–Kier alpha value is -3.42. The van der Waals surface area contributed by atoms with E-state index in [0.29, 0.717) is 11.7 Å². The van der Waals surface area contributed by atoms with Crippen molar-refractivity contribution >= 4 is 23.5 Å². The lowest BCUT2D eigenvalue weighted by Gasteiger charge is -2.47. The molecule has 1 aliphatic heterocycles. The maximum Gasteiger partial charge on any atom is 0.271 e. The molecule has 170 valence electrons. The van der Waals surface area contributed by atoms with Crippen molar-refractivity contribution in [3.8, 4) is 5.75 Å². The zero-order valence-electron chi connectivity index (χ0n) is 19.2. The summed E-state index contributed by atoms with van der Waals surface area (Å²) in [6.07, 6.45) is 3.66. The van der Waals surface area contributed by atoms with Crippen LogP contribution in [0.5, 0.6) is 5.75 Å². The van der Waals surface area contributed by atoms with Crippen LogP contribution in [0.4, 0.5) is 11.4 Å². The van der Waals surface area contributed by atoms with Gasteiger partial charge in [-0.2, -0.15) is 5.10 Å². The molecule has 0 saturated carbocycles. The van der Waals surface area contributed by atoms with Gasteiger partial charge in [-0.3, -0.25) is 14.9 Å². The van der Waals surface area contributed by atoms with E-state index in [1.54, 1.807) is 13.3 Å². The number of non-ortho nitro benzene ring substituents is 1. The number of hydrogen-bond donors (Lipinski definition) is 1. The smallest absolute Gasteiger partial charge is 0.271 e. The van der Waals surface area contributed by atoms with Crippen LogP contribution < -0.4 is 15.1 Å². The van der Waals surface area contributed by atoms with E-state index in [0.717, 1.165) is 24.9 Å². The highest BCUT2D eigenvalue weighted by Crippen LogP contribution is 2.45. The Kier molecular flexibility index (Phi) is 6.81. The number of hydrogen-bond acceptors (Lipinski definition) is 6. The van der Waals surface area contributed by atoms with Crippen molar-refractivity contribution in [2.45, 2.75) is 52.0 Å². The van der Waals surface area contributed by atoms with Gasteiger partial charge in [0.25, 0.3) is 11.6 Å². The first kappa shape index (κ1) is 23.2. The van der Waals surface area contributed by atoms with Gasteiger partial charge in [0.2, 0.25) is 0 Å². The monoisotopic (exact) mass is 438 g/mol. The summed E-state index contributed by atoms with van der Waals surface area (Å²) in [5, 5.41) is 14.8. The molecule has 0 bridgehead atoms. The van der Waals surface area contributed by atoms with E-state index in [9.17, 15) is 14.9 Å². The number of nitrogens with one attached hydrogen (secondary N) is 1. The quantitative estimate of drug-likeness (QED) is 0.378. The molecule has 0 fully saturated rings. The van der Waals surface area contributed by atoms with Crippen LogP contribution in [0.1, 0.15) is 67.9 Å². The summed E-state index contributed by atoms with van der Waals surface area (Å²) in [4.78, 5) is 25.0. The summed E-state index contributed by atoms with van der Waals surface area (Å²) in [5.74, 6) is 0.612. The van der Waals surface area contributed by atoms with Gasteiger partial charge in [-0.25, -0.2) is 5.43 Å². The lowest BCUT2D eigenvalue weighted by atomic mass is 9.79. The fourth-order valence-corrected chi connectivity index (χ4v) is 4.41. The van der Waals surface area contributed by atoms with Gasteiger partial charge >= 0.3 is 0 Å². The summed E-state index contributed by atoms with van der Waals surface area (Å²) >= 11 is 0. The molecule has 1 aliphatic rings. The molecule has 8 heteroatoms. The maximum absolute atomic E-state index is 12.3. The van der Waals surface area contributed by atoms with E-state index >= 15 is 0 Å². The highest BCUT2D eigenvalue weighted by atomic mass is 16.6. The molecular weight excluding hydrogens is 408 g/mol. The first-order valence-electron chi connectivity index (χ1n) is 10.8. The fourth-order valence-electron chi connectivity index (χ4n) is 4.41. The first-order chi connectivity index (χ1) is 15.2. The molecule has 0 aromatic heterocycles. The minimum atomic E-state index is -0.508. The minimum Gasteiger partial charge on any atom is -0.496 e. The topological polar surface area (TPSA) is 97.1 Å². The molecule has 1 atom stereocenters. The van der Waals surface area contributed by atoms with Crippen LogP contribution in [-0.2, 0) is 0 Å². The Labute approximate surface area is 188 Å². The van der Waals surface area contributed by atoms with Gasteiger partial charge in [-0.15, -0.1) is 0 Å². The average Bonchev–Trinajstić information content (AvgIpc) is 2.76. The molecule has 1 unspecified atom stereocenters. The van der Waals surface area contributed by atoms with Crippen molar-refractivity contribution < 1.29 is 14.5 Å². The van der Waals surface area contributed by atoms with Gasteiger partial charge in [0, 0.05) is 47.1 Å². The zero-order chi connectivity index (χ0) is 23.5. The third kappa shape index (κ3) is 4.74. The van der Waals surface area contributed by atoms with E-state index in [1.165, 1.54) is 35.5 Å². The first-order valence-corrected chi connectivity index (χ1v) is 10.8. The second-order valence-corrected chi connectivity index (χ2v) is 8.73. The maximum atomic E-state index is 12.3. The highest BCUT2D eigenvalue weighted by molar-refractivity contribution is 5.95. The molecule has 1 heterocycles. The van der Waals surface area contributed by atoms with Gasteiger partial charge in [0.1, 0.15) is 5.75 Å². The van der Waals surface area contributed by atoms with Gasteiger partial charge in [-0.05, 0) is 56.4 Å². The molecule has 0 saturated heterocycles. The van der Waals surface area contributed by atoms with E-state index in [2.05, 4.69) is 55.3 Å². The second-order valence-electron chi connectivity index (χ2n) is 8.73. The normalized spacial score (nSPS) is 17.2. The number of anilines is 1. The highest BCUT2D eigenvalue weighted by Gasteiger charge is 2.36. The zero-order valence-corrected chi connectivity index (χ0v) is 19.2. The Morgan fingerprint density at radius 1 is 1.34 bits per heavy atom. The number of amides is 1. The molecule has 0 aliphatic carbocycles. The number of nitrogens with zero attached hydrogens (tertiary/aromatic N) is 3. The molecule has 2 aromatic rings. The number of carbonyl (C=O) groups excluding carboxylic acids is 1. The predicted molar refractivity (Wildman–Crippen MR) is 126 cm³/mol. The van der Waals surface area contributed by atoms with Crippen LogP contribution >= 0.6 is 0 Å². The van der Waals surface area contributed by atoms with Crippen LogP contribution in [-0.4, -0.2) is 36.2 Å². The molecule has 1 amide bonds. The Bertz CT molecular complexity index is 1030. The van der Waals surface area contributed by atoms with Crippen LogP contribution in [0.3, 0.4) is 0 Å². The number of ether oxygens (including phenoxy) is 1. The summed E-state index contributed by atoms with van der Waals surface area (Å²) < 4.78 is 5.62. The number of hydrazone groups is 1. The summed E-state index contributed by atoms with van der Waals surface area (Å²) in [6.45, 7) is 9.93. The Morgan fingerprint density at radius 2 is 2.03 bits per heavy atom. The van der Waals surface area contributed by atoms with Gasteiger partial charge < -0.3 is 9.64 Å². The number of methoxy groups -OCH3 is 1. The standard InChI is InChI=1S/C24H30N4O4/c1-6-11-27-21-13-22(32-5)18(12-20(21)16(2)14-24(27,3)4)15-25-26-23(29)17-7-9-19(10-8-17)28(30)31/h7-10,12-13,15-16H,6,11,14H2,1-5H3,(H,26,29)/b25-15-. The number of benzene rings is 2. The molecule has 8 nitrogen and oxygen atoms in total. The number of rotatable bonds is 7. The number of nitro groups is 1. The molecule has 0 spiro atoms. The lowest BCUT2D eigenvalue weighted by Crippen LogP contribution is -2.48. The van der Waals surface area contributed by atoms with Crippen LogP contribution in [0, 0.1) is 10.1 Å². The number of fused-ring (bicyclic) bond motifs is 1. The fraction of sp³-hybridized carbons (Fsp3) is 0.417. The van der Waals surface area contributed by atoms with E-state index in [-0.39, 0.29) is 16.8 Å². The van der Waals surface area contributed by atoms with Crippen LogP contribution in [0.2, 0.25) is 0 Å². The molecule has 1 N–H and O–H groups in total. The summed E-state index contributed by atoms with van der Waals surface area (Å²) in [5.41, 5.74) is 5.94. The second kappa shape index (κ2) is 9.38. The largest absolute Gasteiger partial charge is 0.496 e. The van der Waals surface area contributed by atoms with E-state index in [1.807, 2.05) is 0 Å². The lowest BCUT2D eigenvalue weighted by molar-refractivity contribution is -0.384. The predicted octanol–water partition coefficient (Wildman–Crippen LogP) is 4.87. The van der Waals surface area contributed by atoms with Crippen molar-refractivity contribution in [2.24, 2.45) is 5.10 Å². The minimum absolute atomic E-state index is 0.0573. The van der Waals surface area contributed by atoms with Gasteiger partial charge in [0.05, 0.1) is 18.2 Å². The third-order valence-corrected chi connectivity index (χ3v) is 5.89. The molecule has 32 heavy (non-hydrogen) atoms. The molecular formula is C24H30N4O4. The summed E-state index contributed by atoms with van der Waals surface area (Å²) in [6, 6.07) is 9.51. The van der Waals surface area contributed by atoms with E-state index < -0.39 is 10.8 Å². The van der Waals surface area contributed by atoms with Gasteiger partial charge in [-0.1, -0.05) is 13.8 Å². The average molecular weight is 439 g/mol. The SMILES string of the molecule is CCCN1c2cc(OC)c(/C=N\NC(=O)c3ccc([N+](=O)[O-])cc3)cc2C(C)CC1(C)C. The van der Waals surface area contributed by atoms with Crippen molar-refractivity contribution in [1.29, 1.82) is 0 Å². The number of nitro benzene ring substituents is 1.